The van der Waals surface area contributed by atoms with Gasteiger partial charge in [-0.3, -0.25) is 0 Å². The Balaban J connectivity index is 2.46. The second-order valence-corrected chi connectivity index (χ2v) is 6.72. The molecule has 1 heterocycles. The zero-order valence-corrected chi connectivity index (χ0v) is 13.9. The molecular weight excluding hydrogens is 328 g/mol. The minimum absolute atomic E-state index is 0.0354. The lowest BCUT2D eigenvalue weighted by Gasteiger charge is -2.15. The normalized spacial score (nSPS) is 12.7. The second kappa shape index (κ2) is 5.77. The van der Waals surface area contributed by atoms with Gasteiger partial charge in [0.1, 0.15) is 0 Å². The quantitative estimate of drug-likeness (QED) is 0.598. The van der Waals surface area contributed by atoms with Crippen molar-refractivity contribution in [2.45, 2.75) is 32.6 Å². The van der Waals surface area contributed by atoms with E-state index < -0.39 is 0 Å². The van der Waals surface area contributed by atoms with Crippen LogP contribution in [-0.4, -0.2) is 0 Å². The van der Waals surface area contributed by atoms with Crippen molar-refractivity contribution < 1.29 is 0 Å². The van der Waals surface area contributed by atoms with Crippen molar-refractivity contribution in [1.82, 2.24) is 0 Å². The Morgan fingerprint density at radius 3 is 2.67 bits per heavy atom. The first-order chi connectivity index (χ1) is 8.54. The van der Waals surface area contributed by atoms with E-state index >= 15 is 0 Å². The minimum atomic E-state index is -0.0354. The van der Waals surface area contributed by atoms with Gasteiger partial charge in [-0.1, -0.05) is 28.9 Å². The van der Waals surface area contributed by atoms with E-state index in [4.69, 9.17) is 11.6 Å². The second-order valence-electron chi connectivity index (χ2n) is 4.48. The number of benzene rings is 1. The van der Waals surface area contributed by atoms with Gasteiger partial charge in [-0.15, -0.1) is 22.9 Å². The van der Waals surface area contributed by atoms with Gasteiger partial charge in [0.25, 0.3) is 0 Å². The van der Waals surface area contributed by atoms with E-state index in [2.05, 4.69) is 60.3 Å². The molecule has 96 valence electrons. The van der Waals surface area contributed by atoms with Gasteiger partial charge in [0.05, 0.1) is 5.38 Å². The molecule has 0 saturated heterocycles. The van der Waals surface area contributed by atoms with Gasteiger partial charge in [-0.25, -0.2) is 0 Å². The average Bonchev–Trinajstić information content (AvgIpc) is 2.81. The highest BCUT2D eigenvalue weighted by molar-refractivity contribution is 9.10. The number of hydrogen-bond donors (Lipinski definition) is 0. The maximum absolute atomic E-state index is 6.68. The van der Waals surface area contributed by atoms with Gasteiger partial charge in [-0.2, -0.15) is 0 Å². The molecule has 0 bridgehead atoms. The van der Waals surface area contributed by atoms with Crippen molar-refractivity contribution in [1.29, 1.82) is 0 Å². The Morgan fingerprint density at radius 2 is 2.00 bits per heavy atom. The number of thiophene rings is 1. The number of hydrogen-bond acceptors (Lipinski definition) is 1. The Bertz CT molecular complexity index is 560. The lowest BCUT2D eigenvalue weighted by atomic mass is 10.00. The standard InChI is InChI=1S/C15H16BrClS/c1-4-11-5-6-18-15(11)14(17)12-7-10(3)13(16)8-9(12)2/h5-8,14H,4H2,1-3H3. The monoisotopic (exact) mass is 342 g/mol. The van der Waals surface area contributed by atoms with Crippen molar-refractivity contribution in [2.75, 3.05) is 0 Å². The van der Waals surface area contributed by atoms with Gasteiger partial charge in [-0.05, 0) is 60.0 Å². The van der Waals surface area contributed by atoms with Crippen LogP contribution in [0, 0.1) is 13.8 Å². The zero-order valence-electron chi connectivity index (χ0n) is 10.8. The molecule has 0 aliphatic heterocycles. The molecule has 0 fully saturated rings. The van der Waals surface area contributed by atoms with Crippen LogP contribution in [-0.2, 0) is 6.42 Å². The first kappa shape index (κ1) is 14.1. The number of halogens is 2. The van der Waals surface area contributed by atoms with Crippen molar-refractivity contribution >= 4 is 38.9 Å². The van der Waals surface area contributed by atoms with E-state index in [-0.39, 0.29) is 5.38 Å². The fourth-order valence-corrected chi connectivity index (χ4v) is 4.06. The SMILES string of the molecule is CCc1ccsc1C(Cl)c1cc(C)c(Br)cc1C. The van der Waals surface area contributed by atoms with E-state index in [9.17, 15) is 0 Å². The van der Waals surface area contributed by atoms with E-state index in [1.165, 1.54) is 27.1 Å². The summed E-state index contributed by atoms with van der Waals surface area (Å²) in [5.41, 5.74) is 5.05. The maximum atomic E-state index is 6.68. The summed E-state index contributed by atoms with van der Waals surface area (Å²) in [6.07, 6.45) is 1.04. The van der Waals surface area contributed by atoms with Crippen LogP contribution in [0.25, 0.3) is 0 Å². The highest BCUT2D eigenvalue weighted by Gasteiger charge is 2.18. The number of aryl methyl sites for hydroxylation is 3. The van der Waals surface area contributed by atoms with E-state index in [0.29, 0.717) is 0 Å². The lowest BCUT2D eigenvalue weighted by Crippen LogP contribution is -1.98. The predicted octanol–water partition coefficient (Wildman–Crippen LogP) is 6.02. The molecule has 1 aromatic heterocycles. The van der Waals surface area contributed by atoms with Gasteiger partial charge in [0, 0.05) is 9.35 Å². The summed E-state index contributed by atoms with van der Waals surface area (Å²) in [6, 6.07) is 6.52. The Hall–Kier alpha value is -0.310. The van der Waals surface area contributed by atoms with Gasteiger partial charge < -0.3 is 0 Å². The van der Waals surface area contributed by atoms with Crippen LogP contribution in [0.5, 0.6) is 0 Å². The fourth-order valence-electron chi connectivity index (χ4n) is 2.08. The maximum Gasteiger partial charge on any atom is 0.0933 e. The molecule has 0 amide bonds. The highest BCUT2D eigenvalue weighted by Crippen LogP contribution is 2.38. The van der Waals surface area contributed by atoms with Crippen LogP contribution in [0.4, 0.5) is 0 Å². The zero-order chi connectivity index (χ0) is 13.3. The molecule has 0 aliphatic carbocycles. The van der Waals surface area contributed by atoms with Crippen molar-refractivity contribution in [3.8, 4) is 0 Å². The first-order valence-electron chi connectivity index (χ1n) is 6.01. The molecule has 0 saturated carbocycles. The molecule has 1 unspecified atom stereocenters. The topological polar surface area (TPSA) is 0 Å². The largest absolute Gasteiger partial charge is 0.147 e. The summed E-state index contributed by atoms with van der Waals surface area (Å²) in [4.78, 5) is 1.28. The Kier molecular flexibility index (Phi) is 4.52. The molecule has 1 aromatic carbocycles. The lowest BCUT2D eigenvalue weighted by molar-refractivity contribution is 1.06. The van der Waals surface area contributed by atoms with Crippen LogP contribution in [0.15, 0.2) is 28.1 Å². The van der Waals surface area contributed by atoms with Crippen LogP contribution in [0.1, 0.15) is 39.4 Å². The first-order valence-corrected chi connectivity index (χ1v) is 8.12. The molecule has 2 aromatic rings. The van der Waals surface area contributed by atoms with Crippen molar-refractivity contribution in [3.05, 3.63) is 55.2 Å². The summed E-state index contributed by atoms with van der Waals surface area (Å²) >= 11 is 12.0. The third kappa shape index (κ3) is 2.66. The molecule has 3 heteroatoms. The fraction of sp³-hybridized carbons (Fsp3) is 0.333. The van der Waals surface area contributed by atoms with E-state index in [0.717, 1.165) is 10.9 Å². The molecule has 18 heavy (non-hydrogen) atoms. The molecule has 0 N–H and O–H groups in total. The molecule has 0 aliphatic rings. The minimum Gasteiger partial charge on any atom is -0.147 e. The van der Waals surface area contributed by atoms with Crippen LogP contribution in [0.3, 0.4) is 0 Å². The molecule has 0 nitrogen and oxygen atoms in total. The van der Waals surface area contributed by atoms with Crippen LogP contribution < -0.4 is 0 Å². The molecule has 0 spiro atoms. The average molecular weight is 344 g/mol. The smallest absolute Gasteiger partial charge is 0.0933 e. The van der Waals surface area contributed by atoms with Crippen LogP contribution >= 0.6 is 38.9 Å². The van der Waals surface area contributed by atoms with Gasteiger partial charge in [0.15, 0.2) is 0 Å². The Labute approximate surface area is 126 Å². The molecule has 1 atom stereocenters. The van der Waals surface area contributed by atoms with E-state index in [1.807, 2.05) is 0 Å². The van der Waals surface area contributed by atoms with Crippen LogP contribution in [0.2, 0.25) is 0 Å². The summed E-state index contributed by atoms with van der Waals surface area (Å²) in [5.74, 6) is 0. The summed E-state index contributed by atoms with van der Waals surface area (Å²) < 4.78 is 1.15. The summed E-state index contributed by atoms with van der Waals surface area (Å²) in [5, 5.41) is 2.09. The molecule has 0 radical (unpaired) electrons. The Morgan fingerprint density at radius 1 is 1.28 bits per heavy atom. The molecular formula is C15H16BrClS. The third-order valence-corrected chi connectivity index (χ3v) is 5.67. The summed E-state index contributed by atoms with van der Waals surface area (Å²) in [6.45, 7) is 6.40. The third-order valence-electron chi connectivity index (χ3n) is 3.21. The van der Waals surface area contributed by atoms with Gasteiger partial charge >= 0.3 is 0 Å². The summed E-state index contributed by atoms with van der Waals surface area (Å²) in [7, 11) is 0. The predicted molar refractivity (Wildman–Crippen MR) is 85.0 cm³/mol. The van der Waals surface area contributed by atoms with Crippen molar-refractivity contribution in [2.24, 2.45) is 0 Å². The number of alkyl halides is 1. The van der Waals surface area contributed by atoms with Gasteiger partial charge in [0.2, 0.25) is 0 Å². The highest BCUT2D eigenvalue weighted by atomic mass is 79.9. The van der Waals surface area contributed by atoms with Crippen molar-refractivity contribution in [3.63, 3.8) is 0 Å². The van der Waals surface area contributed by atoms with E-state index in [1.54, 1.807) is 11.3 Å². The molecule has 2 rings (SSSR count). The number of rotatable bonds is 3.